The molecule has 0 saturated heterocycles. The highest BCUT2D eigenvalue weighted by Gasteiger charge is 2.34. The lowest BCUT2D eigenvalue weighted by molar-refractivity contribution is -0.0329. The van der Waals surface area contributed by atoms with Crippen LogP contribution in [0, 0.1) is 13.8 Å². The number of rotatable bonds is 4. The Balaban J connectivity index is 1.80. The fourth-order valence-corrected chi connectivity index (χ4v) is 2.82. The van der Waals surface area contributed by atoms with Crippen LogP contribution in [0.4, 0.5) is 0 Å². The molecule has 1 atom stereocenters. The summed E-state index contributed by atoms with van der Waals surface area (Å²) in [5.74, 6) is 0. The van der Waals surface area contributed by atoms with Gasteiger partial charge in [0.15, 0.2) is 5.65 Å². The van der Waals surface area contributed by atoms with Crippen molar-refractivity contribution in [2.75, 3.05) is 6.54 Å². The van der Waals surface area contributed by atoms with Gasteiger partial charge >= 0.3 is 0 Å². The van der Waals surface area contributed by atoms with Crippen molar-refractivity contribution in [1.82, 2.24) is 19.9 Å². The number of aryl methyl sites for hydroxylation is 2. The number of aromatic nitrogens is 3. The molecule has 5 heteroatoms. The smallest absolute Gasteiger partial charge is 0.155 e. The Kier molecular flexibility index (Phi) is 3.26. The van der Waals surface area contributed by atoms with Gasteiger partial charge in [-0.3, -0.25) is 0 Å². The first-order valence-corrected chi connectivity index (χ1v) is 7.26. The van der Waals surface area contributed by atoms with Gasteiger partial charge in [0, 0.05) is 36.1 Å². The largest absolute Gasteiger partial charge is 0.389 e. The maximum Gasteiger partial charge on any atom is 0.155 e. The van der Waals surface area contributed by atoms with E-state index in [-0.39, 0.29) is 6.04 Å². The molecule has 0 aromatic carbocycles. The third-order valence-corrected chi connectivity index (χ3v) is 4.37. The van der Waals surface area contributed by atoms with Gasteiger partial charge in [0.2, 0.25) is 0 Å². The maximum absolute atomic E-state index is 10.2. The SMILES string of the molecule is Cc1cc2ncc(C(C)NCC3(O)CCC3)c(C)n2n1. The Morgan fingerprint density at radius 3 is 2.85 bits per heavy atom. The van der Waals surface area contributed by atoms with Crippen molar-refractivity contribution in [2.45, 2.75) is 51.7 Å². The fraction of sp³-hybridized carbons (Fsp3) is 0.600. The average molecular weight is 274 g/mol. The summed E-state index contributed by atoms with van der Waals surface area (Å²) in [5.41, 5.74) is 3.59. The number of nitrogens with one attached hydrogen (secondary N) is 1. The van der Waals surface area contributed by atoms with E-state index in [1.807, 2.05) is 23.7 Å². The Hall–Kier alpha value is -1.46. The zero-order chi connectivity index (χ0) is 14.3. The standard InChI is InChI=1S/C15H22N4O/c1-10-7-14-16-8-13(12(3)19(14)18-10)11(2)17-9-15(20)5-4-6-15/h7-8,11,17,20H,4-6,9H2,1-3H3. The van der Waals surface area contributed by atoms with E-state index in [9.17, 15) is 5.11 Å². The van der Waals surface area contributed by atoms with Crippen molar-refractivity contribution in [3.8, 4) is 0 Å². The summed E-state index contributed by atoms with van der Waals surface area (Å²) in [6, 6.07) is 2.13. The molecule has 0 radical (unpaired) electrons. The van der Waals surface area contributed by atoms with Crippen LogP contribution in [0.2, 0.25) is 0 Å². The van der Waals surface area contributed by atoms with Gasteiger partial charge in [-0.05, 0) is 40.0 Å². The quantitative estimate of drug-likeness (QED) is 0.894. The van der Waals surface area contributed by atoms with Crippen molar-refractivity contribution >= 4 is 5.65 Å². The van der Waals surface area contributed by atoms with Crippen LogP contribution in [0.15, 0.2) is 12.3 Å². The van der Waals surface area contributed by atoms with Crippen molar-refractivity contribution in [3.63, 3.8) is 0 Å². The molecule has 108 valence electrons. The molecule has 0 spiro atoms. The third kappa shape index (κ3) is 2.31. The topological polar surface area (TPSA) is 62.5 Å². The lowest BCUT2D eigenvalue weighted by Crippen LogP contribution is -2.46. The van der Waals surface area contributed by atoms with E-state index in [0.717, 1.165) is 41.9 Å². The first-order chi connectivity index (χ1) is 9.48. The van der Waals surface area contributed by atoms with E-state index in [0.29, 0.717) is 6.54 Å². The number of aliphatic hydroxyl groups is 1. The molecule has 1 saturated carbocycles. The molecule has 20 heavy (non-hydrogen) atoms. The van der Waals surface area contributed by atoms with Crippen LogP contribution in [0.3, 0.4) is 0 Å². The Morgan fingerprint density at radius 2 is 2.20 bits per heavy atom. The number of hydrogen-bond donors (Lipinski definition) is 2. The Bertz CT molecular complexity index is 630. The van der Waals surface area contributed by atoms with E-state index in [1.165, 1.54) is 0 Å². The third-order valence-electron chi connectivity index (χ3n) is 4.37. The Morgan fingerprint density at radius 1 is 1.45 bits per heavy atom. The lowest BCUT2D eigenvalue weighted by atomic mass is 9.80. The lowest BCUT2D eigenvalue weighted by Gasteiger charge is -2.37. The molecule has 3 rings (SSSR count). The second-order valence-electron chi connectivity index (χ2n) is 6.04. The summed E-state index contributed by atoms with van der Waals surface area (Å²) in [6.45, 7) is 6.78. The Labute approximate surface area is 119 Å². The van der Waals surface area contributed by atoms with Gasteiger partial charge in [-0.15, -0.1) is 0 Å². The van der Waals surface area contributed by atoms with Crippen molar-refractivity contribution < 1.29 is 5.11 Å². The van der Waals surface area contributed by atoms with E-state index in [1.54, 1.807) is 0 Å². The summed E-state index contributed by atoms with van der Waals surface area (Å²) in [4.78, 5) is 4.46. The summed E-state index contributed by atoms with van der Waals surface area (Å²) in [6.07, 6.45) is 4.85. The van der Waals surface area contributed by atoms with Crippen LogP contribution in [0.1, 0.15) is 49.2 Å². The molecule has 0 amide bonds. The zero-order valence-corrected chi connectivity index (χ0v) is 12.3. The van der Waals surface area contributed by atoms with Crippen LogP contribution >= 0.6 is 0 Å². The van der Waals surface area contributed by atoms with E-state index >= 15 is 0 Å². The number of fused-ring (bicyclic) bond motifs is 1. The monoisotopic (exact) mass is 274 g/mol. The minimum Gasteiger partial charge on any atom is -0.389 e. The molecule has 2 aromatic heterocycles. The van der Waals surface area contributed by atoms with Gasteiger partial charge in [-0.1, -0.05) is 0 Å². The molecule has 1 fully saturated rings. The molecule has 1 unspecified atom stereocenters. The minimum atomic E-state index is -0.498. The van der Waals surface area contributed by atoms with Gasteiger partial charge < -0.3 is 10.4 Å². The number of nitrogens with zero attached hydrogens (tertiary/aromatic N) is 3. The zero-order valence-electron chi connectivity index (χ0n) is 12.3. The van der Waals surface area contributed by atoms with E-state index < -0.39 is 5.60 Å². The van der Waals surface area contributed by atoms with Gasteiger partial charge in [0.25, 0.3) is 0 Å². The van der Waals surface area contributed by atoms with Gasteiger partial charge in [-0.2, -0.15) is 5.10 Å². The van der Waals surface area contributed by atoms with Crippen LogP contribution in [-0.2, 0) is 0 Å². The molecule has 1 aliphatic carbocycles. The summed E-state index contributed by atoms with van der Waals surface area (Å²) in [5, 5.41) is 18.0. The van der Waals surface area contributed by atoms with E-state index in [2.05, 4.69) is 29.2 Å². The molecule has 0 bridgehead atoms. The van der Waals surface area contributed by atoms with Crippen LogP contribution in [0.25, 0.3) is 5.65 Å². The summed E-state index contributed by atoms with van der Waals surface area (Å²) < 4.78 is 1.89. The number of hydrogen-bond acceptors (Lipinski definition) is 4. The highest BCUT2D eigenvalue weighted by atomic mass is 16.3. The molecular weight excluding hydrogens is 252 g/mol. The van der Waals surface area contributed by atoms with Crippen LogP contribution in [0.5, 0.6) is 0 Å². The second-order valence-corrected chi connectivity index (χ2v) is 6.04. The normalized spacial score (nSPS) is 19.0. The van der Waals surface area contributed by atoms with Crippen LogP contribution in [-0.4, -0.2) is 31.9 Å². The molecular formula is C15H22N4O. The fourth-order valence-electron chi connectivity index (χ4n) is 2.82. The van der Waals surface area contributed by atoms with Crippen molar-refractivity contribution in [3.05, 3.63) is 29.2 Å². The molecule has 1 aliphatic rings. The molecule has 5 nitrogen and oxygen atoms in total. The molecule has 2 N–H and O–H groups in total. The van der Waals surface area contributed by atoms with E-state index in [4.69, 9.17) is 0 Å². The highest BCUT2D eigenvalue weighted by Crippen LogP contribution is 2.31. The van der Waals surface area contributed by atoms with Gasteiger partial charge in [-0.25, -0.2) is 9.50 Å². The molecule has 2 heterocycles. The van der Waals surface area contributed by atoms with Gasteiger partial charge in [0.1, 0.15) is 0 Å². The average Bonchev–Trinajstić information content (AvgIpc) is 2.76. The maximum atomic E-state index is 10.2. The molecule has 0 aliphatic heterocycles. The predicted octanol–water partition coefficient (Wildman–Crippen LogP) is 1.91. The van der Waals surface area contributed by atoms with Crippen LogP contribution < -0.4 is 5.32 Å². The van der Waals surface area contributed by atoms with Crippen molar-refractivity contribution in [2.24, 2.45) is 0 Å². The highest BCUT2D eigenvalue weighted by molar-refractivity contribution is 5.42. The van der Waals surface area contributed by atoms with Crippen molar-refractivity contribution in [1.29, 1.82) is 0 Å². The second kappa shape index (κ2) is 4.82. The summed E-state index contributed by atoms with van der Waals surface area (Å²) in [7, 11) is 0. The molecule has 2 aromatic rings. The van der Waals surface area contributed by atoms with Gasteiger partial charge in [0.05, 0.1) is 11.3 Å². The first kappa shape index (κ1) is 13.5. The first-order valence-electron chi connectivity index (χ1n) is 7.26. The predicted molar refractivity (Wildman–Crippen MR) is 77.7 cm³/mol. The minimum absolute atomic E-state index is 0.154. The summed E-state index contributed by atoms with van der Waals surface area (Å²) >= 11 is 0.